The molecule has 6 nitrogen and oxygen atoms in total. The maximum Gasteiger partial charge on any atom is 0.191 e. The Bertz CT molecular complexity index is 505. The molecule has 0 radical (unpaired) electrons. The Morgan fingerprint density at radius 2 is 1.81 bits per heavy atom. The minimum Gasteiger partial charge on any atom is -0.492 e. The zero-order chi connectivity index (χ0) is 17.7. The van der Waals surface area contributed by atoms with Crippen molar-refractivity contribution in [2.45, 2.75) is 32.3 Å². The van der Waals surface area contributed by atoms with Crippen LogP contribution in [0, 0.1) is 6.92 Å². The molecule has 148 valence electrons. The molecule has 1 aromatic carbocycles. The van der Waals surface area contributed by atoms with Crippen LogP contribution in [0.15, 0.2) is 29.3 Å². The molecule has 1 aromatic rings. The molecule has 0 amide bonds. The average Bonchev–Trinajstić information content (AvgIpc) is 2.65. The molecule has 1 fully saturated rings. The lowest BCUT2D eigenvalue weighted by Crippen LogP contribution is -2.40. The van der Waals surface area contributed by atoms with E-state index in [0.717, 1.165) is 57.3 Å². The van der Waals surface area contributed by atoms with Gasteiger partial charge in [-0.05, 0) is 38.3 Å². The van der Waals surface area contributed by atoms with Gasteiger partial charge in [-0.2, -0.15) is 0 Å². The lowest BCUT2D eigenvalue weighted by atomic mass is 10.1. The van der Waals surface area contributed by atoms with Crippen LogP contribution in [0.2, 0.25) is 0 Å². The SMILES string of the molecule is CN=C(NCCCOC1CCOCC1)NCCOc1ccc(C)cc1.I. The van der Waals surface area contributed by atoms with E-state index in [0.29, 0.717) is 19.3 Å². The summed E-state index contributed by atoms with van der Waals surface area (Å²) < 4.78 is 16.9. The minimum absolute atomic E-state index is 0. The summed E-state index contributed by atoms with van der Waals surface area (Å²) in [7, 11) is 1.77. The highest BCUT2D eigenvalue weighted by atomic mass is 127. The van der Waals surface area contributed by atoms with Crippen LogP contribution in [0.5, 0.6) is 5.75 Å². The van der Waals surface area contributed by atoms with Crippen molar-refractivity contribution in [2.24, 2.45) is 4.99 Å². The second kappa shape index (κ2) is 14.1. The van der Waals surface area contributed by atoms with Gasteiger partial charge in [-0.15, -0.1) is 24.0 Å². The summed E-state index contributed by atoms with van der Waals surface area (Å²) in [5, 5.41) is 6.54. The molecule has 0 aromatic heterocycles. The van der Waals surface area contributed by atoms with Crippen molar-refractivity contribution in [3.63, 3.8) is 0 Å². The van der Waals surface area contributed by atoms with Crippen LogP contribution in [-0.4, -0.2) is 58.6 Å². The third kappa shape index (κ3) is 9.59. The van der Waals surface area contributed by atoms with Crippen molar-refractivity contribution < 1.29 is 14.2 Å². The van der Waals surface area contributed by atoms with Crippen molar-refractivity contribution in [1.29, 1.82) is 0 Å². The average molecular weight is 477 g/mol. The predicted octanol–water partition coefficient (Wildman–Crippen LogP) is 2.74. The first-order valence-electron chi connectivity index (χ1n) is 9.11. The van der Waals surface area contributed by atoms with Gasteiger partial charge in [-0.1, -0.05) is 17.7 Å². The van der Waals surface area contributed by atoms with Crippen LogP contribution in [0.3, 0.4) is 0 Å². The molecule has 26 heavy (non-hydrogen) atoms. The normalized spacial score (nSPS) is 15.2. The van der Waals surface area contributed by atoms with Gasteiger partial charge >= 0.3 is 0 Å². The number of rotatable bonds is 9. The molecule has 0 bridgehead atoms. The summed E-state index contributed by atoms with van der Waals surface area (Å²) in [6.07, 6.45) is 3.35. The Labute approximate surface area is 174 Å². The van der Waals surface area contributed by atoms with Gasteiger partial charge in [0.25, 0.3) is 0 Å². The number of nitrogens with zero attached hydrogens (tertiary/aromatic N) is 1. The van der Waals surface area contributed by atoms with Crippen LogP contribution < -0.4 is 15.4 Å². The van der Waals surface area contributed by atoms with E-state index < -0.39 is 0 Å². The number of ether oxygens (including phenoxy) is 3. The molecule has 0 saturated carbocycles. The number of halogens is 1. The smallest absolute Gasteiger partial charge is 0.191 e. The Kier molecular flexibility index (Phi) is 12.4. The highest BCUT2D eigenvalue weighted by Gasteiger charge is 2.13. The van der Waals surface area contributed by atoms with E-state index >= 15 is 0 Å². The van der Waals surface area contributed by atoms with Crippen molar-refractivity contribution in [3.05, 3.63) is 29.8 Å². The fourth-order valence-corrected chi connectivity index (χ4v) is 2.57. The molecule has 1 saturated heterocycles. The first-order chi connectivity index (χ1) is 12.3. The molecule has 0 spiro atoms. The molecule has 1 aliphatic heterocycles. The van der Waals surface area contributed by atoms with Crippen molar-refractivity contribution in [2.75, 3.05) is 46.6 Å². The molecule has 2 N–H and O–H groups in total. The van der Waals surface area contributed by atoms with Gasteiger partial charge in [0.2, 0.25) is 0 Å². The molecule has 0 aliphatic carbocycles. The monoisotopic (exact) mass is 477 g/mol. The first-order valence-corrected chi connectivity index (χ1v) is 9.11. The first kappa shape index (κ1) is 23.0. The molecule has 1 heterocycles. The van der Waals surface area contributed by atoms with Gasteiger partial charge in [0.05, 0.1) is 12.6 Å². The van der Waals surface area contributed by atoms with E-state index in [-0.39, 0.29) is 24.0 Å². The van der Waals surface area contributed by atoms with Crippen molar-refractivity contribution in [1.82, 2.24) is 10.6 Å². The zero-order valence-corrected chi connectivity index (χ0v) is 18.2. The van der Waals surface area contributed by atoms with E-state index in [4.69, 9.17) is 14.2 Å². The van der Waals surface area contributed by atoms with Crippen LogP contribution in [0.4, 0.5) is 0 Å². The summed E-state index contributed by atoms with van der Waals surface area (Å²) in [5.41, 5.74) is 1.23. The maximum atomic E-state index is 5.85. The highest BCUT2D eigenvalue weighted by molar-refractivity contribution is 14.0. The predicted molar refractivity (Wildman–Crippen MR) is 116 cm³/mol. The van der Waals surface area contributed by atoms with Gasteiger partial charge in [-0.25, -0.2) is 0 Å². The fraction of sp³-hybridized carbons (Fsp3) is 0.632. The van der Waals surface area contributed by atoms with E-state index in [2.05, 4.69) is 22.5 Å². The standard InChI is InChI=1S/C19H31N3O3.HI/c1-16-4-6-17(7-5-16)25-15-11-22-19(20-2)21-10-3-12-24-18-8-13-23-14-9-18;/h4-7,18H,3,8-15H2,1-2H3,(H2,20,21,22);1H. The van der Waals surface area contributed by atoms with Gasteiger partial charge in [0.15, 0.2) is 5.96 Å². The van der Waals surface area contributed by atoms with Crippen LogP contribution >= 0.6 is 24.0 Å². The number of aryl methyl sites for hydroxylation is 1. The topological polar surface area (TPSA) is 64.1 Å². The van der Waals surface area contributed by atoms with Gasteiger partial charge in [0.1, 0.15) is 12.4 Å². The number of aliphatic imine (C=N–C) groups is 1. The van der Waals surface area contributed by atoms with E-state index in [1.165, 1.54) is 5.56 Å². The Morgan fingerprint density at radius 1 is 1.12 bits per heavy atom. The van der Waals surface area contributed by atoms with E-state index in [1.807, 2.05) is 24.3 Å². The Hall–Kier alpha value is -1.06. The summed E-state index contributed by atoms with van der Waals surface area (Å²) >= 11 is 0. The number of hydrogen-bond donors (Lipinski definition) is 2. The molecule has 0 atom stereocenters. The molecular formula is C19H32IN3O3. The number of benzene rings is 1. The molecule has 0 unspecified atom stereocenters. The van der Waals surface area contributed by atoms with E-state index in [1.54, 1.807) is 7.05 Å². The largest absolute Gasteiger partial charge is 0.492 e. The minimum atomic E-state index is 0. The van der Waals surface area contributed by atoms with Crippen LogP contribution in [0.25, 0.3) is 0 Å². The van der Waals surface area contributed by atoms with Gasteiger partial charge in [0, 0.05) is 33.4 Å². The van der Waals surface area contributed by atoms with Gasteiger partial charge in [-0.3, -0.25) is 4.99 Å². The number of nitrogens with one attached hydrogen (secondary N) is 2. The highest BCUT2D eigenvalue weighted by Crippen LogP contribution is 2.11. The van der Waals surface area contributed by atoms with E-state index in [9.17, 15) is 0 Å². The third-order valence-electron chi connectivity index (χ3n) is 4.04. The van der Waals surface area contributed by atoms with Crippen LogP contribution in [-0.2, 0) is 9.47 Å². The lowest BCUT2D eigenvalue weighted by Gasteiger charge is -2.22. The Morgan fingerprint density at radius 3 is 2.50 bits per heavy atom. The quantitative estimate of drug-likeness (QED) is 0.248. The lowest BCUT2D eigenvalue weighted by molar-refractivity contribution is -0.0320. The summed E-state index contributed by atoms with van der Waals surface area (Å²) in [5.74, 6) is 1.68. The molecule has 7 heteroatoms. The second-order valence-electron chi connectivity index (χ2n) is 6.12. The van der Waals surface area contributed by atoms with Crippen molar-refractivity contribution in [3.8, 4) is 5.75 Å². The summed E-state index contributed by atoms with van der Waals surface area (Å²) in [6.45, 7) is 6.61. The second-order valence-corrected chi connectivity index (χ2v) is 6.12. The third-order valence-corrected chi connectivity index (χ3v) is 4.04. The molecule has 2 rings (SSSR count). The molecule has 1 aliphatic rings. The number of guanidine groups is 1. The van der Waals surface area contributed by atoms with Gasteiger partial charge < -0.3 is 24.8 Å². The summed E-state index contributed by atoms with van der Waals surface area (Å²) in [6, 6.07) is 8.07. The maximum absolute atomic E-state index is 5.85. The van der Waals surface area contributed by atoms with Crippen LogP contribution in [0.1, 0.15) is 24.8 Å². The Balaban J connectivity index is 0.00000338. The summed E-state index contributed by atoms with van der Waals surface area (Å²) in [4.78, 5) is 4.21. The number of hydrogen-bond acceptors (Lipinski definition) is 4. The van der Waals surface area contributed by atoms with Crippen molar-refractivity contribution >= 4 is 29.9 Å². The fourth-order valence-electron chi connectivity index (χ4n) is 2.57. The zero-order valence-electron chi connectivity index (χ0n) is 15.8. The molecular weight excluding hydrogens is 445 g/mol.